The first kappa shape index (κ1) is 54.7. The summed E-state index contributed by atoms with van der Waals surface area (Å²) in [5.74, 6) is -0.333. The Morgan fingerprint density at radius 1 is 0.536 bits per heavy atom. The van der Waals surface area contributed by atoms with Gasteiger partial charge in [-0.3, -0.25) is 13.8 Å². The van der Waals surface area contributed by atoms with Crippen LogP contribution in [0.25, 0.3) is 0 Å². The standard InChI is InChI=1S/C47H90NO7P/c1-3-5-7-9-11-13-15-17-19-20-21-22-23-24-25-26-27-28-30-32-34-36-38-40-47(49)55-46(45-54-56(50,51)53-43-41-48)44-52-42-39-37-35-33-31-29-18-16-14-12-10-8-6-4-2/h14-17,20-21,46H,3-13,18-19,22-45,48H2,1-2H3,(H,50,51)/b16-14-,17-15-,21-20-. The Bertz CT molecular complexity index is 957. The van der Waals surface area contributed by atoms with E-state index in [0.29, 0.717) is 13.0 Å². The molecule has 56 heavy (non-hydrogen) atoms. The Morgan fingerprint density at radius 2 is 0.946 bits per heavy atom. The van der Waals surface area contributed by atoms with Crippen LogP contribution in [0.15, 0.2) is 36.5 Å². The highest BCUT2D eigenvalue weighted by atomic mass is 31.2. The van der Waals surface area contributed by atoms with Crippen molar-refractivity contribution in [3.8, 4) is 0 Å². The summed E-state index contributed by atoms with van der Waals surface area (Å²) in [7, 11) is -4.28. The van der Waals surface area contributed by atoms with Crippen molar-refractivity contribution in [1.82, 2.24) is 0 Å². The van der Waals surface area contributed by atoms with Gasteiger partial charge in [0.15, 0.2) is 0 Å². The van der Waals surface area contributed by atoms with Crippen molar-refractivity contribution in [3.63, 3.8) is 0 Å². The largest absolute Gasteiger partial charge is 0.472 e. The number of nitrogens with two attached hydrogens (primary N) is 1. The molecule has 0 aliphatic heterocycles. The van der Waals surface area contributed by atoms with E-state index in [-0.39, 0.29) is 32.3 Å². The fraction of sp³-hybridized carbons (Fsp3) is 0.851. The van der Waals surface area contributed by atoms with Gasteiger partial charge in [0.2, 0.25) is 0 Å². The number of carbonyl (C=O) groups is 1. The van der Waals surface area contributed by atoms with Crippen molar-refractivity contribution in [2.45, 2.75) is 225 Å². The molecule has 0 aliphatic rings. The van der Waals surface area contributed by atoms with Gasteiger partial charge in [-0.25, -0.2) is 4.57 Å². The second-order valence-electron chi connectivity index (χ2n) is 15.6. The Kier molecular flexibility index (Phi) is 43.8. The molecule has 0 aromatic rings. The highest BCUT2D eigenvalue weighted by molar-refractivity contribution is 7.47. The van der Waals surface area contributed by atoms with Gasteiger partial charge in [0.1, 0.15) is 6.10 Å². The van der Waals surface area contributed by atoms with Crippen LogP contribution in [0.1, 0.15) is 219 Å². The van der Waals surface area contributed by atoms with Crippen LogP contribution < -0.4 is 5.73 Å². The van der Waals surface area contributed by atoms with E-state index >= 15 is 0 Å². The first-order chi connectivity index (χ1) is 27.4. The lowest BCUT2D eigenvalue weighted by Crippen LogP contribution is -2.28. The van der Waals surface area contributed by atoms with E-state index < -0.39 is 13.9 Å². The monoisotopic (exact) mass is 812 g/mol. The summed E-state index contributed by atoms with van der Waals surface area (Å²) < 4.78 is 33.5. The summed E-state index contributed by atoms with van der Waals surface area (Å²) in [5, 5.41) is 0. The number of hydrogen-bond donors (Lipinski definition) is 2. The number of unbranched alkanes of at least 4 members (excludes halogenated alkanes) is 26. The number of carbonyl (C=O) groups excluding carboxylic acids is 1. The van der Waals surface area contributed by atoms with Crippen LogP contribution in [-0.2, 0) is 27.9 Å². The van der Waals surface area contributed by atoms with Crippen molar-refractivity contribution in [2.24, 2.45) is 5.73 Å². The maximum Gasteiger partial charge on any atom is 0.472 e. The van der Waals surface area contributed by atoms with E-state index in [9.17, 15) is 14.3 Å². The summed E-state index contributed by atoms with van der Waals surface area (Å²) in [5.41, 5.74) is 5.37. The molecule has 0 aromatic heterocycles. The first-order valence-corrected chi connectivity index (χ1v) is 25.0. The Morgan fingerprint density at radius 3 is 1.43 bits per heavy atom. The van der Waals surface area contributed by atoms with Gasteiger partial charge in [-0.2, -0.15) is 0 Å². The van der Waals surface area contributed by atoms with Gasteiger partial charge in [-0.1, -0.05) is 179 Å². The van der Waals surface area contributed by atoms with Crippen LogP contribution >= 0.6 is 7.82 Å². The van der Waals surface area contributed by atoms with Crippen molar-refractivity contribution in [2.75, 3.05) is 33.0 Å². The van der Waals surface area contributed by atoms with E-state index in [4.69, 9.17) is 24.3 Å². The fourth-order valence-corrected chi connectivity index (χ4v) is 7.32. The molecule has 0 radical (unpaired) electrons. The molecule has 0 rings (SSSR count). The number of phosphoric acid groups is 1. The van der Waals surface area contributed by atoms with E-state index in [1.807, 2.05) is 0 Å². The molecule has 8 nitrogen and oxygen atoms in total. The van der Waals surface area contributed by atoms with Gasteiger partial charge in [0, 0.05) is 19.6 Å². The zero-order valence-electron chi connectivity index (χ0n) is 36.6. The van der Waals surface area contributed by atoms with Gasteiger partial charge in [-0.05, 0) is 70.6 Å². The van der Waals surface area contributed by atoms with Crippen LogP contribution in [0.4, 0.5) is 0 Å². The summed E-state index contributed by atoms with van der Waals surface area (Å²) in [6.45, 7) is 4.90. The molecular formula is C47H90NO7P. The average molecular weight is 812 g/mol. The van der Waals surface area contributed by atoms with E-state index in [1.54, 1.807) is 0 Å². The van der Waals surface area contributed by atoms with Crippen LogP contribution in [0, 0.1) is 0 Å². The lowest BCUT2D eigenvalue weighted by atomic mass is 10.0. The maximum atomic E-state index is 12.6. The lowest BCUT2D eigenvalue weighted by molar-refractivity contribution is -0.154. The van der Waals surface area contributed by atoms with Crippen molar-refractivity contribution < 1.29 is 32.8 Å². The second kappa shape index (κ2) is 44.8. The first-order valence-electron chi connectivity index (χ1n) is 23.5. The van der Waals surface area contributed by atoms with Crippen molar-refractivity contribution in [3.05, 3.63) is 36.5 Å². The smallest absolute Gasteiger partial charge is 0.457 e. The third kappa shape index (κ3) is 43.8. The molecule has 0 aromatic carbocycles. The molecule has 0 heterocycles. The molecule has 0 aliphatic carbocycles. The number of rotatable bonds is 45. The lowest BCUT2D eigenvalue weighted by Gasteiger charge is -2.20. The predicted octanol–water partition coefficient (Wildman–Crippen LogP) is 14.2. The third-order valence-electron chi connectivity index (χ3n) is 10.0. The zero-order chi connectivity index (χ0) is 40.9. The Labute approximate surface area is 346 Å². The molecule has 3 N–H and O–H groups in total. The molecule has 9 heteroatoms. The van der Waals surface area contributed by atoms with Crippen LogP contribution in [0.3, 0.4) is 0 Å². The average Bonchev–Trinajstić information content (AvgIpc) is 3.19. The van der Waals surface area contributed by atoms with E-state index in [2.05, 4.69) is 50.3 Å². The van der Waals surface area contributed by atoms with Crippen LogP contribution in [0.2, 0.25) is 0 Å². The van der Waals surface area contributed by atoms with E-state index in [0.717, 1.165) is 38.5 Å². The van der Waals surface area contributed by atoms with E-state index in [1.165, 1.54) is 161 Å². The Balaban J connectivity index is 3.95. The van der Waals surface area contributed by atoms with Crippen molar-refractivity contribution >= 4 is 13.8 Å². The summed E-state index contributed by atoms with van der Waals surface area (Å²) in [6.07, 6.45) is 51.6. The Hall–Kier alpha value is -1.28. The number of hydrogen-bond acceptors (Lipinski definition) is 7. The molecule has 0 bridgehead atoms. The normalized spacial score (nSPS) is 13.7. The van der Waals surface area contributed by atoms with Gasteiger partial charge in [0.05, 0.1) is 19.8 Å². The van der Waals surface area contributed by atoms with Gasteiger partial charge in [-0.15, -0.1) is 0 Å². The summed E-state index contributed by atoms with van der Waals surface area (Å²) >= 11 is 0. The zero-order valence-corrected chi connectivity index (χ0v) is 37.5. The molecule has 0 fully saturated rings. The van der Waals surface area contributed by atoms with Gasteiger partial charge in [0.25, 0.3) is 0 Å². The van der Waals surface area contributed by atoms with Crippen molar-refractivity contribution in [1.29, 1.82) is 0 Å². The van der Waals surface area contributed by atoms with Gasteiger partial charge < -0.3 is 20.1 Å². The minimum absolute atomic E-state index is 0.0967. The van der Waals surface area contributed by atoms with Crippen LogP contribution in [-0.4, -0.2) is 49.9 Å². The highest BCUT2D eigenvalue weighted by Gasteiger charge is 2.25. The molecule has 0 amide bonds. The number of phosphoric ester groups is 1. The van der Waals surface area contributed by atoms with Crippen LogP contribution in [0.5, 0.6) is 0 Å². The molecule has 0 saturated heterocycles. The molecule has 330 valence electrons. The molecular weight excluding hydrogens is 721 g/mol. The summed E-state index contributed by atoms with van der Waals surface area (Å²) in [4.78, 5) is 22.5. The summed E-state index contributed by atoms with van der Waals surface area (Å²) in [6, 6.07) is 0. The maximum absolute atomic E-state index is 12.6. The predicted molar refractivity (Wildman–Crippen MR) is 238 cm³/mol. The molecule has 2 unspecified atom stereocenters. The quantitative estimate of drug-likeness (QED) is 0.0270. The van der Waals surface area contributed by atoms with Gasteiger partial charge >= 0.3 is 13.8 Å². The minimum atomic E-state index is -4.28. The highest BCUT2D eigenvalue weighted by Crippen LogP contribution is 2.43. The molecule has 2 atom stereocenters. The third-order valence-corrected chi connectivity index (χ3v) is 11.0. The SMILES string of the molecule is CCCCCC/C=C\CCCCCCCCOCC(COP(=O)(O)OCCN)OC(=O)CCCCCCCCCCCCC/C=C\C/C=C\CCCCCCC. The topological polar surface area (TPSA) is 117 Å². The fourth-order valence-electron chi connectivity index (χ4n) is 6.55. The molecule has 0 spiro atoms. The molecule has 0 saturated carbocycles. The number of ether oxygens (including phenoxy) is 2. The number of allylic oxidation sites excluding steroid dienone is 6. The number of esters is 1. The second-order valence-corrected chi connectivity index (χ2v) is 17.1. The minimum Gasteiger partial charge on any atom is -0.457 e.